The van der Waals surface area contributed by atoms with Crippen LogP contribution in [0.25, 0.3) is 0 Å². The highest BCUT2D eigenvalue weighted by molar-refractivity contribution is 5.78. The van der Waals surface area contributed by atoms with E-state index < -0.39 is 0 Å². The first-order valence-electron chi connectivity index (χ1n) is 9.95. The summed E-state index contributed by atoms with van der Waals surface area (Å²) in [5, 5.41) is 0. The van der Waals surface area contributed by atoms with Gasteiger partial charge in [-0.3, -0.25) is 4.79 Å². The van der Waals surface area contributed by atoms with Crippen molar-refractivity contribution < 1.29 is 14.3 Å². The first kappa shape index (κ1) is 23.0. The lowest BCUT2D eigenvalue weighted by Crippen LogP contribution is -2.12. The van der Waals surface area contributed by atoms with Gasteiger partial charge in [-0.1, -0.05) is 69.7 Å². The Morgan fingerprint density at radius 2 is 1.74 bits per heavy atom. The minimum Gasteiger partial charge on any atom is -0.501 e. The van der Waals surface area contributed by atoms with E-state index in [0.717, 1.165) is 12.0 Å². The van der Waals surface area contributed by atoms with E-state index in [2.05, 4.69) is 45.9 Å². The van der Waals surface area contributed by atoms with Gasteiger partial charge in [0.1, 0.15) is 6.61 Å². The van der Waals surface area contributed by atoms with Gasteiger partial charge in [0.25, 0.3) is 0 Å². The van der Waals surface area contributed by atoms with Crippen LogP contribution in [0.5, 0.6) is 0 Å². The topological polar surface area (TPSA) is 35.5 Å². The fourth-order valence-corrected chi connectivity index (χ4v) is 3.13. The monoisotopic (exact) mass is 372 g/mol. The molecule has 0 aliphatic heterocycles. The molecule has 0 heterocycles. The van der Waals surface area contributed by atoms with Crippen molar-refractivity contribution in [2.24, 2.45) is 17.3 Å². The molecule has 0 aromatic heterocycles. The molecule has 0 spiro atoms. The maximum Gasteiger partial charge on any atom is 0.310 e. The summed E-state index contributed by atoms with van der Waals surface area (Å²) in [7, 11) is 0. The molecule has 0 N–H and O–H groups in total. The van der Waals surface area contributed by atoms with Crippen molar-refractivity contribution in [2.45, 2.75) is 54.9 Å². The van der Waals surface area contributed by atoms with Gasteiger partial charge < -0.3 is 9.47 Å². The van der Waals surface area contributed by atoms with E-state index >= 15 is 0 Å². The molecule has 3 nitrogen and oxygen atoms in total. The average Bonchev–Trinajstić information content (AvgIpc) is 3.18. The zero-order valence-electron chi connectivity index (χ0n) is 18.0. The smallest absolute Gasteiger partial charge is 0.310 e. The van der Waals surface area contributed by atoms with Gasteiger partial charge in [-0.2, -0.15) is 0 Å². The average molecular weight is 373 g/mol. The Bertz CT molecular complexity index is 637. The van der Waals surface area contributed by atoms with Crippen molar-refractivity contribution in [3.8, 4) is 0 Å². The number of hydrogen-bond donors (Lipinski definition) is 0. The minimum absolute atomic E-state index is 0.00183. The molecule has 1 fully saturated rings. The second kappa shape index (κ2) is 11.0. The molecule has 1 aromatic rings. The summed E-state index contributed by atoms with van der Waals surface area (Å²) in [5.74, 6) is 0.148. The first-order valence-corrected chi connectivity index (χ1v) is 9.95. The van der Waals surface area contributed by atoms with Crippen LogP contribution >= 0.6 is 0 Å². The largest absolute Gasteiger partial charge is 0.501 e. The van der Waals surface area contributed by atoms with Gasteiger partial charge in [0.15, 0.2) is 0 Å². The van der Waals surface area contributed by atoms with Crippen molar-refractivity contribution in [3.63, 3.8) is 0 Å². The van der Waals surface area contributed by atoms with Gasteiger partial charge in [0, 0.05) is 6.42 Å². The highest BCUT2D eigenvalue weighted by Crippen LogP contribution is 2.59. The van der Waals surface area contributed by atoms with E-state index in [1.165, 1.54) is 11.1 Å². The van der Waals surface area contributed by atoms with Gasteiger partial charge in [-0.25, -0.2) is 0 Å². The Labute approximate surface area is 165 Å². The predicted molar refractivity (Wildman–Crippen MR) is 112 cm³/mol. The van der Waals surface area contributed by atoms with Crippen LogP contribution in [0.2, 0.25) is 0 Å². The summed E-state index contributed by atoms with van der Waals surface area (Å²) in [6, 6.07) is 10.2. The summed E-state index contributed by atoms with van der Waals surface area (Å²) in [5.41, 5.74) is 3.41. The first-order chi connectivity index (χ1) is 12.8. The zero-order valence-corrected chi connectivity index (χ0v) is 18.0. The molecule has 0 unspecified atom stereocenters. The number of carbonyl (C=O) groups excluding carboxylic acids is 1. The molecule has 1 saturated carbocycles. The van der Waals surface area contributed by atoms with E-state index in [9.17, 15) is 4.79 Å². The number of ether oxygens (including phenoxy) is 2. The van der Waals surface area contributed by atoms with Crippen molar-refractivity contribution in [3.05, 3.63) is 59.4 Å². The summed E-state index contributed by atoms with van der Waals surface area (Å²) >= 11 is 0. The third kappa shape index (κ3) is 7.24. The summed E-state index contributed by atoms with van der Waals surface area (Å²) in [6.07, 6.45) is 4.74. The molecule has 27 heavy (non-hydrogen) atoms. The molecule has 1 aromatic carbocycles. The molecule has 0 bridgehead atoms. The molecule has 1 aliphatic rings. The molecule has 150 valence electrons. The molecule has 0 radical (unpaired) electrons. The summed E-state index contributed by atoms with van der Waals surface area (Å²) in [6.45, 7) is 15.2. The van der Waals surface area contributed by atoms with Gasteiger partial charge in [-0.05, 0) is 43.2 Å². The zero-order chi connectivity index (χ0) is 20.4. The van der Waals surface area contributed by atoms with E-state index in [1.807, 2.05) is 39.0 Å². The quantitative estimate of drug-likeness (QED) is 0.244. The Hall–Kier alpha value is -2.03. The lowest BCUT2D eigenvalue weighted by atomic mass is 10.1. The SMILES string of the molecule is CC.CC(C)=C[C@@H]1[C@H](C(=O)OC/C(C)=C/OCCc2ccccc2)C1(C)C. The highest BCUT2D eigenvalue weighted by atomic mass is 16.5. The van der Waals surface area contributed by atoms with E-state index in [4.69, 9.17) is 9.47 Å². The standard InChI is InChI=1S/C22H30O3.C2H6/c1-16(2)13-19-20(22(19,4)5)21(23)25-15-17(3)14-24-12-11-18-9-7-6-8-10-18;1-2/h6-10,13-14,19-20H,11-12,15H2,1-5H3;1-2H3/b17-14+;/t19-,20-;/m1./s1. The van der Waals surface area contributed by atoms with Crippen LogP contribution in [0.4, 0.5) is 0 Å². The molecule has 1 aliphatic carbocycles. The highest BCUT2D eigenvalue weighted by Gasteiger charge is 2.61. The van der Waals surface area contributed by atoms with Crippen LogP contribution in [0, 0.1) is 17.3 Å². The second-order valence-corrected chi connectivity index (χ2v) is 7.75. The van der Waals surface area contributed by atoms with Crippen molar-refractivity contribution in [1.82, 2.24) is 0 Å². The molecular formula is C24H36O3. The Balaban J connectivity index is 0.00000176. The van der Waals surface area contributed by atoms with E-state index in [1.54, 1.807) is 6.26 Å². The number of hydrogen-bond acceptors (Lipinski definition) is 3. The summed E-state index contributed by atoms with van der Waals surface area (Å²) in [4.78, 5) is 12.3. The lowest BCUT2D eigenvalue weighted by molar-refractivity contribution is -0.145. The predicted octanol–water partition coefficient (Wildman–Crippen LogP) is 5.96. The van der Waals surface area contributed by atoms with E-state index in [-0.39, 0.29) is 29.8 Å². The molecule has 0 saturated heterocycles. The van der Waals surface area contributed by atoms with Crippen molar-refractivity contribution in [1.29, 1.82) is 0 Å². The van der Waals surface area contributed by atoms with Crippen LogP contribution < -0.4 is 0 Å². The maximum absolute atomic E-state index is 12.3. The number of benzene rings is 1. The van der Waals surface area contributed by atoms with Gasteiger partial charge >= 0.3 is 5.97 Å². The van der Waals surface area contributed by atoms with Crippen LogP contribution in [0.15, 0.2) is 53.8 Å². The number of esters is 1. The molecule has 2 rings (SSSR count). The van der Waals surface area contributed by atoms with Crippen LogP contribution in [0.1, 0.15) is 54.0 Å². The summed E-state index contributed by atoms with van der Waals surface area (Å²) < 4.78 is 11.0. The number of rotatable bonds is 8. The Morgan fingerprint density at radius 3 is 2.33 bits per heavy atom. The molecule has 0 amide bonds. The normalized spacial score (nSPS) is 20.0. The molecule has 3 heteroatoms. The lowest BCUT2D eigenvalue weighted by Gasteiger charge is -2.07. The van der Waals surface area contributed by atoms with Gasteiger partial charge in [0.05, 0.1) is 18.8 Å². The third-order valence-electron chi connectivity index (χ3n) is 4.76. The van der Waals surface area contributed by atoms with Crippen molar-refractivity contribution >= 4 is 5.97 Å². The Kier molecular flexibility index (Phi) is 9.34. The number of allylic oxidation sites excluding steroid dienone is 2. The fourth-order valence-electron chi connectivity index (χ4n) is 3.13. The Morgan fingerprint density at radius 1 is 1.11 bits per heavy atom. The van der Waals surface area contributed by atoms with Gasteiger partial charge in [-0.15, -0.1) is 0 Å². The minimum atomic E-state index is -0.107. The second-order valence-electron chi connectivity index (χ2n) is 7.75. The van der Waals surface area contributed by atoms with Crippen LogP contribution in [-0.4, -0.2) is 19.2 Å². The van der Waals surface area contributed by atoms with Crippen LogP contribution in [0.3, 0.4) is 0 Å². The maximum atomic E-state index is 12.3. The van der Waals surface area contributed by atoms with Crippen molar-refractivity contribution in [2.75, 3.05) is 13.2 Å². The third-order valence-corrected chi connectivity index (χ3v) is 4.76. The fraction of sp³-hybridized carbons (Fsp3) is 0.542. The van der Waals surface area contributed by atoms with E-state index in [0.29, 0.717) is 6.61 Å². The molecule has 2 atom stereocenters. The molecular weight excluding hydrogens is 336 g/mol. The number of carbonyl (C=O) groups is 1. The van der Waals surface area contributed by atoms with Crippen LogP contribution in [-0.2, 0) is 20.7 Å². The van der Waals surface area contributed by atoms with Gasteiger partial charge in [0.2, 0.25) is 0 Å².